The SMILES string of the molecule is CC1CCN(C(=O)c2ccc(Oc3ccc(F)c(F)c3)cc2)C1. The maximum atomic E-state index is 13.2. The number of nitrogens with zero attached hydrogens (tertiary/aromatic N) is 1. The van der Waals surface area contributed by atoms with Crippen LogP contribution in [0.4, 0.5) is 8.78 Å². The fourth-order valence-corrected chi connectivity index (χ4v) is 2.64. The van der Waals surface area contributed by atoms with Gasteiger partial charge in [0.15, 0.2) is 11.6 Å². The van der Waals surface area contributed by atoms with Gasteiger partial charge in [0.2, 0.25) is 0 Å². The molecule has 1 atom stereocenters. The third kappa shape index (κ3) is 3.50. The van der Waals surface area contributed by atoms with Gasteiger partial charge in [0.25, 0.3) is 5.91 Å². The van der Waals surface area contributed by atoms with Crippen LogP contribution in [0, 0.1) is 17.6 Å². The summed E-state index contributed by atoms with van der Waals surface area (Å²) in [7, 11) is 0. The zero-order valence-electron chi connectivity index (χ0n) is 12.8. The van der Waals surface area contributed by atoms with E-state index in [9.17, 15) is 13.6 Å². The van der Waals surface area contributed by atoms with Crippen LogP contribution in [-0.2, 0) is 0 Å². The van der Waals surface area contributed by atoms with E-state index in [1.807, 2.05) is 4.90 Å². The molecule has 0 aromatic heterocycles. The first-order valence-electron chi connectivity index (χ1n) is 7.55. The zero-order chi connectivity index (χ0) is 16.4. The highest BCUT2D eigenvalue weighted by molar-refractivity contribution is 5.94. The molecule has 3 nitrogen and oxygen atoms in total. The van der Waals surface area contributed by atoms with Gasteiger partial charge in [-0.2, -0.15) is 0 Å². The molecule has 23 heavy (non-hydrogen) atoms. The quantitative estimate of drug-likeness (QED) is 0.847. The molecular formula is C18H17F2NO2. The van der Waals surface area contributed by atoms with Gasteiger partial charge in [0, 0.05) is 24.7 Å². The number of benzene rings is 2. The Bertz CT molecular complexity index is 715. The van der Waals surface area contributed by atoms with Crippen LogP contribution >= 0.6 is 0 Å². The Morgan fingerprint density at radius 3 is 2.39 bits per heavy atom. The van der Waals surface area contributed by atoms with Crippen LogP contribution in [0.25, 0.3) is 0 Å². The number of hydrogen-bond acceptors (Lipinski definition) is 2. The molecule has 1 aliphatic heterocycles. The van der Waals surface area contributed by atoms with Gasteiger partial charge >= 0.3 is 0 Å². The lowest BCUT2D eigenvalue weighted by atomic mass is 10.1. The summed E-state index contributed by atoms with van der Waals surface area (Å²) in [6.07, 6.45) is 1.03. The maximum absolute atomic E-state index is 13.2. The van der Waals surface area contributed by atoms with Crippen molar-refractivity contribution in [1.82, 2.24) is 4.90 Å². The van der Waals surface area contributed by atoms with E-state index in [2.05, 4.69) is 6.92 Å². The van der Waals surface area contributed by atoms with Gasteiger partial charge in [-0.25, -0.2) is 8.78 Å². The molecule has 0 N–H and O–H groups in total. The zero-order valence-corrected chi connectivity index (χ0v) is 12.8. The van der Waals surface area contributed by atoms with Crippen LogP contribution in [0.1, 0.15) is 23.7 Å². The largest absolute Gasteiger partial charge is 0.457 e. The minimum atomic E-state index is -0.961. The summed E-state index contributed by atoms with van der Waals surface area (Å²) in [5.41, 5.74) is 0.594. The lowest BCUT2D eigenvalue weighted by molar-refractivity contribution is 0.0788. The molecule has 2 aromatic rings. The Hall–Kier alpha value is -2.43. The Balaban J connectivity index is 1.69. The van der Waals surface area contributed by atoms with Crippen molar-refractivity contribution in [2.75, 3.05) is 13.1 Å². The Morgan fingerprint density at radius 2 is 1.78 bits per heavy atom. The van der Waals surface area contributed by atoms with Crippen molar-refractivity contribution in [3.05, 3.63) is 59.7 Å². The van der Waals surface area contributed by atoms with E-state index in [0.717, 1.165) is 31.6 Å². The number of carbonyl (C=O) groups excluding carboxylic acids is 1. The smallest absolute Gasteiger partial charge is 0.253 e. The minimum absolute atomic E-state index is 0.00808. The lowest BCUT2D eigenvalue weighted by Gasteiger charge is -2.16. The van der Waals surface area contributed by atoms with Gasteiger partial charge in [-0.1, -0.05) is 6.92 Å². The van der Waals surface area contributed by atoms with E-state index in [-0.39, 0.29) is 11.7 Å². The highest BCUT2D eigenvalue weighted by Crippen LogP contribution is 2.24. The molecular weight excluding hydrogens is 300 g/mol. The number of amides is 1. The summed E-state index contributed by atoms with van der Waals surface area (Å²) < 4.78 is 31.5. The predicted molar refractivity (Wildman–Crippen MR) is 82.6 cm³/mol. The summed E-state index contributed by atoms with van der Waals surface area (Å²) in [5.74, 6) is -0.669. The van der Waals surface area contributed by atoms with Crippen molar-refractivity contribution >= 4 is 5.91 Å². The Morgan fingerprint density at radius 1 is 1.09 bits per heavy atom. The van der Waals surface area contributed by atoms with Gasteiger partial charge in [0.05, 0.1) is 0 Å². The molecule has 3 rings (SSSR count). The van der Waals surface area contributed by atoms with Crippen LogP contribution in [0.15, 0.2) is 42.5 Å². The maximum Gasteiger partial charge on any atom is 0.253 e. The monoisotopic (exact) mass is 317 g/mol. The molecule has 0 spiro atoms. The number of rotatable bonds is 3. The van der Waals surface area contributed by atoms with E-state index in [1.165, 1.54) is 6.07 Å². The highest BCUT2D eigenvalue weighted by atomic mass is 19.2. The van der Waals surface area contributed by atoms with Crippen LogP contribution < -0.4 is 4.74 Å². The summed E-state index contributed by atoms with van der Waals surface area (Å²) in [5, 5.41) is 0. The normalized spacial score (nSPS) is 17.3. The fraction of sp³-hybridized carbons (Fsp3) is 0.278. The molecule has 0 aliphatic carbocycles. The number of ether oxygens (including phenoxy) is 1. The first-order valence-corrected chi connectivity index (χ1v) is 7.55. The van der Waals surface area contributed by atoms with Gasteiger partial charge in [-0.3, -0.25) is 4.79 Å². The number of hydrogen-bond donors (Lipinski definition) is 0. The first kappa shape index (κ1) is 15.5. The average molecular weight is 317 g/mol. The third-order valence-electron chi connectivity index (χ3n) is 3.94. The highest BCUT2D eigenvalue weighted by Gasteiger charge is 2.24. The van der Waals surface area contributed by atoms with Crippen molar-refractivity contribution < 1.29 is 18.3 Å². The van der Waals surface area contributed by atoms with E-state index in [1.54, 1.807) is 24.3 Å². The minimum Gasteiger partial charge on any atom is -0.457 e. The Labute approximate surface area is 133 Å². The second-order valence-corrected chi connectivity index (χ2v) is 5.85. The molecule has 1 saturated heterocycles. The predicted octanol–water partition coefficient (Wildman–Crippen LogP) is 4.24. The summed E-state index contributed by atoms with van der Waals surface area (Å²) in [6.45, 7) is 3.70. The summed E-state index contributed by atoms with van der Waals surface area (Å²) in [6, 6.07) is 10.0. The second-order valence-electron chi connectivity index (χ2n) is 5.85. The van der Waals surface area contributed by atoms with E-state index in [4.69, 9.17) is 4.74 Å². The second kappa shape index (κ2) is 6.36. The number of likely N-dealkylation sites (tertiary alicyclic amines) is 1. The van der Waals surface area contributed by atoms with Crippen LogP contribution in [-0.4, -0.2) is 23.9 Å². The van der Waals surface area contributed by atoms with Crippen LogP contribution in [0.2, 0.25) is 0 Å². The molecule has 1 fully saturated rings. The molecule has 120 valence electrons. The number of halogens is 2. The van der Waals surface area contributed by atoms with Crippen molar-refractivity contribution in [3.63, 3.8) is 0 Å². The van der Waals surface area contributed by atoms with E-state index >= 15 is 0 Å². The van der Waals surface area contributed by atoms with E-state index in [0.29, 0.717) is 17.2 Å². The molecule has 0 saturated carbocycles. The Kier molecular flexibility index (Phi) is 4.28. The molecule has 0 bridgehead atoms. The molecule has 1 amide bonds. The molecule has 1 heterocycles. The molecule has 5 heteroatoms. The molecule has 1 unspecified atom stereocenters. The van der Waals surface area contributed by atoms with Crippen molar-refractivity contribution in [2.24, 2.45) is 5.92 Å². The topological polar surface area (TPSA) is 29.5 Å². The van der Waals surface area contributed by atoms with Crippen molar-refractivity contribution in [3.8, 4) is 11.5 Å². The fourth-order valence-electron chi connectivity index (χ4n) is 2.64. The average Bonchev–Trinajstić information content (AvgIpc) is 2.97. The summed E-state index contributed by atoms with van der Waals surface area (Å²) >= 11 is 0. The summed E-state index contributed by atoms with van der Waals surface area (Å²) in [4.78, 5) is 14.2. The molecule has 0 radical (unpaired) electrons. The van der Waals surface area contributed by atoms with Crippen LogP contribution in [0.3, 0.4) is 0 Å². The molecule has 2 aromatic carbocycles. The van der Waals surface area contributed by atoms with E-state index < -0.39 is 11.6 Å². The first-order chi connectivity index (χ1) is 11.0. The van der Waals surface area contributed by atoms with Crippen molar-refractivity contribution in [2.45, 2.75) is 13.3 Å². The van der Waals surface area contributed by atoms with Gasteiger partial charge in [-0.05, 0) is 48.7 Å². The van der Waals surface area contributed by atoms with Crippen LogP contribution in [0.5, 0.6) is 11.5 Å². The number of carbonyl (C=O) groups is 1. The lowest BCUT2D eigenvalue weighted by Crippen LogP contribution is -2.28. The standard InChI is InChI=1S/C18H17F2NO2/c1-12-8-9-21(11-12)18(22)13-2-4-14(5-3-13)23-15-6-7-16(19)17(20)10-15/h2-7,10,12H,8-9,11H2,1H3. The van der Waals surface area contributed by atoms with Gasteiger partial charge in [-0.15, -0.1) is 0 Å². The third-order valence-corrected chi connectivity index (χ3v) is 3.94. The van der Waals surface area contributed by atoms with Gasteiger partial charge < -0.3 is 9.64 Å². The van der Waals surface area contributed by atoms with Gasteiger partial charge in [0.1, 0.15) is 11.5 Å². The van der Waals surface area contributed by atoms with Crippen molar-refractivity contribution in [1.29, 1.82) is 0 Å². The molecule has 1 aliphatic rings.